The summed E-state index contributed by atoms with van der Waals surface area (Å²) in [5, 5.41) is 3.74. The van der Waals surface area contributed by atoms with Gasteiger partial charge < -0.3 is 5.32 Å². The first kappa shape index (κ1) is 18.2. The zero-order chi connectivity index (χ0) is 18.6. The number of pyridine rings is 1. The van der Waals surface area contributed by atoms with Crippen molar-refractivity contribution in [3.63, 3.8) is 0 Å². The van der Waals surface area contributed by atoms with Crippen molar-refractivity contribution in [2.75, 3.05) is 10.0 Å². The van der Waals surface area contributed by atoms with Crippen LogP contribution in [0, 0.1) is 6.92 Å². The quantitative estimate of drug-likeness (QED) is 0.655. The van der Waals surface area contributed by atoms with E-state index >= 15 is 0 Å². The fraction of sp³-hybridized carbons (Fsp3) is 0.105. The Labute approximate surface area is 158 Å². The summed E-state index contributed by atoms with van der Waals surface area (Å²) in [6.45, 7) is 2.71. The van der Waals surface area contributed by atoms with Crippen molar-refractivity contribution in [2.45, 2.75) is 18.4 Å². The van der Waals surface area contributed by atoms with Crippen LogP contribution in [0.25, 0.3) is 0 Å². The summed E-state index contributed by atoms with van der Waals surface area (Å²) in [6.07, 6.45) is 1.59. The predicted molar refractivity (Wildman–Crippen MR) is 105 cm³/mol. The summed E-state index contributed by atoms with van der Waals surface area (Å²) >= 11 is 5.79. The maximum absolute atomic E-state index is 12.3. The Hall–Kier alpha value is -2.57. The molecule has 0 spiro atoms. The van der Waals surface area contributed by atoms with Crippen LogP contribution in [0.2, 0.25) is 5.02 Å². The minimum atomic E-state index is -3.69. The van der Waals surface area contributed by atoms with Gasteiger partial charge >= 0.3 is 0 Å². The van der Waals surface area contributed by atoms with Crippen molar-refractivity contribution in [3.8, 4) is 0 Å². The van der Waals surface area contributed by atoms with E-state index in [9.17, 15) is 8.42 Å². The van der Waals surface area contributed by atoms with Crippen LogP contribution in [0.4, 0.5) is 11.5 Å². The van der Waals surface area contributed by atoms with E-state index in [1.807, 2.05) is 25.1 Å². The predicted octanol–water partition coefficient (Wildman–Crippen LogP) is 4.46. The van der Waals surface area contributed by atoms with Gasteiger partial charge in [0.15, 0.2) is 0 Å². The van der Waals surface area contributed by atoms with Gasteiger partial charge in [-0.15, -0.1) is 0 Å². The second kappa shape index (κ2) is 7.76. The van der Waals surface area contributed by atoms with Crippen molar-refractivity contribution in [1.29, 1.82) is 0 Å². The SMILES string of the molecule is Cc1cccc(CNc2ccc(NS(=O)(=O)c3ccc(Cl)cc3)nc2)c1. The monoisotopic (exact) mass is 387 g/mol. The van der Waals surface area contributed by atoms with E-state index in [1.54, 1.807) is 18.3 Å². The van der Waals surface area contributed by atoms with Crippen LogP contribution < -0.4 is 10.0 Å². The molecule has 3 rings (SSSR count). The molecule has 0 aliphatic rings. The van der Waals surface area contributed by atoms with Crippen LogP contribution in [-0.2, 0) is 16.6 Å². The normalized spacial score (nSPS) is 11.2. The first-order valence-corrected chi connectivity index (χ1v) is 9.82. The van der Waals surface area contributed by atoms with Gasteiger partial charge in [0, 0.05) is 11.6 Å². The van der Waals surface area contributed by atoms with Crippen LogP contribution in [0.3, 0.4) is 0 Å². The molecule has 0 atom stereocenters. The molecular weight excluding hydrogens is 370 g/mol. The van der Waals surface area contributed by atoms with E-state index in [4.69, 9.17) is 11.6 Å². The highest BCUT2D eigenvalue weighted by Gasteiger charge is 2.14. The number of nitrogens with one attached hydrogen (secondary N) is 2. The first-order chi connectivity index (χ1) is 12.4. The lowest BCUT2D eigenvalue weighted by Crippen LogP contribution is -2.13. The summed E-state index contributed by atoms with van der Waals surface area (Å²) in [6, 6.07) is 17.6. The largest absolute Gasteiger partial charge is 0.380 e. The number of halogens is 1. The van der Waals surface area contributed by atoms with Crippen LogP contribution >= 0.6 is 11.6 Å². The molecular formula is C19H18ClN3O2S. The van der Waals surface area contributed by atoms with Gasteiger partial charge in [0.2, 0.25) is 0 Å². The highest BCUT2D eigenvalue weighted by molar-refractivity contribution is 7.92. The number of aromatic nitrogens is 1. The molecule has 0 fully saturated rings. The molecule has 1 aromatic heterocycles. The summed E-state index contributed by atoms with van der Waals surface area (Å²) in [4.78, 5) is 4.29. The molecule has 3 aromatic rings. The van der Waals surface area contributed by atoms with Crippen molar-refractivity contribution >= 4 is 33.1 Å². The van der Waals surface area contributed by atoms with Crippen molar-refractivity contribution in [1.82, 2.24) is 4.98 Å². The highest BCUT2D eigenvalue weighted by atomic mass is 35.5. The van der Waals surface area contributed by atoms with Crippen LogP contribution in [0.1, 0.15) is 11.1 Å². The number of benzene rings is 2. The third-order valence-electron chi connectivity index (χ3n) is 3.71. The maximum atomic E-state index is 12.3. The van der Waals surface area contributed by atoms with E-state index in [0.717, 1.165) is 11.3 Å². The van der Waals surface area contributed by atoms with Gasteiger partial charge in [-0.1, -0.05) is 41.4 Å². The Bertz CT molecular complexity index is 988. The Kier molecular flexibility index (Phi) is 5.44. The summed E-state index contributed by atoms with van der Waals surface area (Å²) in [5.74, 6) is 0.251. The average molecular weight is 388 g/mol. The standard InChI is InChI=1S/C19H18ClN3O2S/c1-14-3-2-4-15(11-14)12-21-17-7-10-19(22-13-17)23-26(24,25)18-8-5-16(20)6-9-18/h2-11,13,21H,12H2,1H3,(H,22,23). The van der Waals surface area contributed by atoms with Gasteiger partial charge in [-0.3, -0.25) is 4.72 Å². The third kappa shape index (κ3) is 4.74. The molecule has 2 aromatic carbocycles. The number of aryl methyl sites for hydroxylation is 1. The molecule has 26 heavy (non-hydrogen) atoms. The van der Waals surface area contributed by atoms with Crippen LogP contribution in [0.15, 0.2) is 71.8 Å². The molecule has 0 saturated heterocycles. The average Bonchev–Trinajstić information content (AvgIpc) is 2.61. The second-order valence-electron chi connectivity index (χ2n) is 5.83. The van der Waals surface area contributed by atoms with Gasteiger partial charge in [0.1, 0.15) is 5.82 Å². The molecule has 0 aliphatic heterocycles. The first-order valence-electron chi connectivity index (χ1n) is 7.96. The number of hydrogen-bond donors (Lipinski definition) is 2. The zero-order valence-corrected chi connectivity index (χ0v) is 15.7. The van der Waals surface area contributed by atoms with Crippen molar-refractivity contribution in [3.05, 3.63) is 83.0 Å². The van der Waals surface area contributed by atoms with Gasteiger partial charge in [-0.2, -0.15) is 0 Å². The fourth-order valence-electron chi connectivity index (χ4n) is 2.40. The molecule has 134 valence electrons. The summed E-state index contributed by atoms with van der Waals surface area (Å²) in [7, 11) is -3.69. The van der Waals surface area contributed by atoms with E-state index in [2.05, 4.69) is 21.1 Å². The second-order valence-corrected chi connectivity index (χ2v) is 7.95. The molecule has 0 radical (unpaired) electrons. The van der Waals surface area contributed by atoms with Gasteiger partial charge in [-0.25, -0.2) is 13.4 Å². The number of hydrogen-bond acceptors (Lipinski definition) is 4. The minimum Gasteiger partial charge on any atom is -0.380 e. The number of nitrogens with zero attached hydrogens (tertiary/aromatic N) is 1. The van der Waals surface area contributed by atoms with Crippen LogP contribution in [-0.4, -0.2) is 13.4 Å². The zero-order valence-electron chi connectivity index (χ0n) is 14.1. The molecule has 0 saturated carbocycles. The number of anilines is 2. The highest BCUT2D eigenvalue weighted by Crippen LogP contribution is 2.18. The Morgan fingerprint density at radius 2 is 1.81 bits per heavy atom. The Balaban J connectivity index is 1.64. The summed E-state index contributed by atoms with van der Waals surface area (Å²) in [5.41, 5.74) is 3.17. The maximum Gasteiger partial charge on any atom is 0.263 e. The molecule has 1 heterocycles. The Morgan fingerprint density at radius 1 is 1.04 bits per heavy atom. The van der Waals surface area contributed by atoms with Gasteiger partial charge in [0.25, 0.3) is 10.0 Å². The summed E-state index contributed by atoms with van der Waals surface area (Å²) < 4.78 is 27.1. The lowest BCUT2D eigenvalue weighted by Gasteiger charge is -2.10. The van der Waals surface area contributed by atoms with E-state index in [-0.39, 0.29) is 10.7 Å². The lowest BCUT2D eigenvalue weighted by atomic mass is 10.1. The fourth-order valence-corrected chi connectivity index (χ4v) is 3.53. The molecule has 0 bridgehead atoms. The van der Waals surface area contributed by atoms with E-state index < -0.39 is 10.0 Å². The molecule has 0 aliphatic carbocycles. The van der Waals surface area contributed by atoms with E-state index in [1.165, 1.54) is 29.8 Å². The van der Waals surface area contributed by atoms with Gasteiger partial charge in [0.05, 0.1) is 16.8 Å². The lowest BCUT2D eigenvalue weighted by molar-refractivity contribution is 0.601. The minimum absolute atomic E-state index is 0.130. The molecule has 0 unspecified atom stereocenters. The number of rotatable bonds is 6. The van der Waals surface area contributed by atoms with E-state index in [0.29, 0.717) is 11.6 Å². The molecule has 7 heteroatoms. The van der Waals surface area contributed by atoms with Crippen molar-refractivity contribution < 1.29 is 8.42 Å². The topological polar surface area (TPSA) is 71.1 Å². The van der Waals surface area contributed by atoms with Gasteiger partial charge in [-0.05, 0) is 48.9 Å². The van der Waals surface area contributed by atoms with Crippen molar-refractivity contribution in [2.24, 2.45) is 0 Å². The third-order valence-corrected chi connectivity index (χ3v) is 5.33. The smallest absolute Gasteiger partial charge is 0.263 e. The molecule has 5 nitrogen and oxygen atoms in total. The number of sulfonamides is 1. The van der Waals surface area contributed by atoms with Crippen LogP contribution in [0.5, 0.6) is 0 Å². The molecule has 2 N–H and O–H groups in total. The molecule has 0 amide bonds. The Morgan fingerprint density at radius 3 is 2.46 bits per heavy atom.